The first-order valence-electron chi connectivity index (χ1n) is 5.69. The van der Waals surface area contributed by atoms with Crippen LogP contribution in [0.3, 0.4) is 0 Å². The van der Waals surface area contributed by atoms with Gasteiger partial charge in [0.2, 0.25) is 5.78 Å². The fraction of sp³-hybridized carbons (Fsp3) is 0.417. The molecule has 0 aliphatic rings. The lowest BCUT2D eigenvalue weighted by Gasteiger charge is -2.32. The van der Waals surface area contributed by atoms with Gasteiger partial charge in [-0.3, -0.25) is 4.79 Å². The number of halogens is 10. The normalized spacial score (nSPS) is 13.8. The van der Waals surface area contributed by atoms with E-state index in [1.807, 2.05) is 0 Å². The van der Waals surface area contributed by atoms with Crippen LogP contribution in [0.1, 0.15) is 10.4 Å². The first-order chi connectivity index (χ1) is 10.6. The van der Waals surface area contributed by atoms with Crippen molar-refractivity contribution in [2.24, 2.45) is 0 Å². The van der Waals surface area contributed by atoms with Crippen LogP contribution in [0.15, 0.2) is 18.2 Å². The van der Waals surface area contributed by atoms with Gasteiger partial charge < -0.3 is 4.74 Å². The molecule has 24 heavy (non-hydrogen) atoms. The van der Waals surface area contributed by atoms with E-state index in [-0.39, 0.29) is 6.07 Å². The van der Waals surface area contributed by atoms with Crippen LogP contribution in [-0.4, -0.2) is 36.8 Å². The summed E-state index contributed by atoms with van der Waals surface area (Å²) in [7, 11) is 0.741. The molecule has 0 fully saturated rings. The monoisotopic (exact) mass is 372 g/mol. The number of carbonyl (C=O) groups excluding carboxylic acids is 1. The first kappa shape index (κ1) is 20.0. The van der Waals surface area contributed by atoms with E-state index < -0.39 is 46.9 Å². The van der Waals surface area contributed by atoms with Gasteiger partial charge in [0.05, 0.1) is 12.7 Å². The minimum atomic E-state index is -7.22. The van der Waals surface area contributed by atoms with E-state index in [4.69, 9.17) is 0 Å². The fourth-order valence-electron chi connectivity index (χ4n) is 1.54. The van der Waals surface area contributed by atoms with E-state index in [9.17, 15) is 48.7 Å². The summed E-state index contributed by atoms with van der Waals surface area (Å²) in [6.07, 6.45) is -7.06. The van der Waals surface area contributed by atoms with Crippen LogP contribution < -0.4 is 4.74 Å². The molecule has 0 atom stereocenters. The lowest BCUT2D eigenvalue weighted by atomic mass is 9.95. The van der Waals surface area contributed by atoms with Gasteiger partial charge in [0.15, 0.2) is 0 Å². The highest BCUT2D eigenvalue weighted by atomic mass is 19.4. The number of alkyl halides is 9. The fourth-order valence-corrected chi connectivity index (χ4v) is 1.54. The second kappa shape index (κ2) is 5.81. The Morgan fingerprint density at radius 2 is 1.42 bits per heavy atom. The maximum atomic E-state index is 13.5. The van der Waals surface area contributed by atoms with Gasteiger partial charge in [-0.1, -0.05) is 0 Å². The Labute approximate surface area is 127 Å². The van der Waals surface area contributed by atoms with Crippen LogP contribution in [-0.2, 0) is 0 Å². The molecule has 0 heterocycles. The van der Waals surface area contributed by atoms with Crippen molar-refractivity contribution in [2.45, 2.75) is 23.9 Å². The van der Waals surface area contributed by atoms with Crippen molar-refractivity contribution in [3.8, 4) is 5.75 Å². The van der Waals surface area contributed by atoms with Crippen molar-refractivity contribution in [1.82, 2.24) is 0 Å². The summed E-state index contributed by atoms with van der Waals surface area (Å²) in [6, 6.07) is 1.02. The SMILES string of the molecule is COc1ccc(F)cc1C(=O)C(F)(F)C(F)(F)C(F)(F)C(F)(F)F. The Balaban J connectivity index is 3.49. The molecule has 1 aromatic rings. The number of carbonyl (C=O) groups is 1. The lowest BCUT2D eigenvalue weighted by molar-refractivity contribution is -0.386. The summed E-state index contributed by atoms with van der Waals surface area (Å²) in [5.74, 6) is -26.4. The summed E-state index contributed by atoms with van der Waals surface area (Å²) in [4.78, 5) is 11.4. The highest BCUT2D eigenvalue weighted by molar-refractivity contribution is 6.04. The van der Waals surface area contributed by atoms with Crippen molar-refractivity contribution in [2.75, 3.05) is 7.11 Å². The Kier molecular flexibility index (Phi) is 4.85. The van der Waals surface area contributed by atoms with Gasteiger partial charge in [-0.2, -0.15) is 39.5 Å². The van der Waals surface area contributed by atoms with E-state index >= 15 is 0 Å². The van der Waals surface area contributed by atoms with Gasteiger partial charge in [-0.25, -0.2) is 4.39 Å². The number of Topliss-reactive ketones (excluding diaryl/α,β-unsaturated/α-hetero) is 1. The predicted octanol–water partition coefficient (Wildman–Crippen LogP) is 4.49. The molecule has 2 nitrogen and oxygen atoms in total. The van der Waals surface area contributed by atoms with E-state index in [2.05, 4.69) is 4.74 Å². The molecule has 0 aromatic heterocycles. The number of methoxy groups -OCH3 is 1. The summed E-state index contributed by atoms with van der Waals surface area (Å²) in [5, 5.41) is 0. The number of benzene rings is 1. The van der Waals surface area contributed by atoms with Crippen LogP contribution in [0.25, 0.3) is 0 Å². The molecule has 0 aliphatic heterocycles. The molecule has 0 N–H and O–H groups in total. The second-order valence-corrected chi connectivity index (χ2v) is 4.39. The van der Waals surface area contributed by atoms with Crippen LogP contribution in [0, 0.1) is 5.82 Å². The average molecular weight is 372 g/mol. The third-order valence-corrected chi connectivity index (χ3v) is 2.84. The van der Waals surface area contributed by atoms with Crippen LogP contribution >= 0.6 is 0 Å². The van der Waals surface area contributed by atoms with Crippen LogP contribution in [0.5, 0.6) is 5.75 Å². The standard InChI is InChI=1S/C12H6F10O2/c1-24-7-3-2-5(13)4-6(7)8(23)9(14,15)10(16,17)11(18,19)12(20,21)22/h2-4H,1H3. The zero-order chi connectivity index (χ0) is 19.1. The van der Waals surface area contributed by atoms with Gasteiger partial charge in [0.25, 0.3) is 0 Å². The molecule has 0 saturated heterocycles. The van der Waals surface area contributed by atoms with Crippen molar-refractivity contribution in [3.05, 3.63) is 29.6 Å². The zero-order valence-corrected chi connectivity index (χ0v) is 11.3. The summed E-state index contributed by atoms with van der Waals surface area (Å²) in [6.45, 7) is 0. The molecule has 0 radical (unpaired) electrons. The molecule has 0 unspecified atom stereocenters. The average Bonchev–Trinajstić information content (AvgIpc) is 2.44. The minimum absolute atomic E-state index is 0.0586. The lowest BCUT2D eigenvalue weighted by Crippen LogP contribution is -2.63. The van der Waals surface area contributed by atoms with Crippen molar-refractivity contribution in [1.29, 1.82) is 0 Å². The Morgan fingerprint density at radius 1 is 0.917 bits per heavy atom. The smallest absolute Gasteiger partial charge is 0.460 e. The second-order valence-electron chi connectivity index (χ2n) is 4.39. The van der Waals surface area contributed by atoms with Gasteiger partial charge >= 0.3 is 23.9 Å². The van der Waals surface area contributed by atoms with Crippen LogP contribution in [0.2, 0.25) is 0 Å². The molecule has 1 rings (SSSR count). The molecule has 0 aliphatic carbocycles. The molecular weight excluding hydrogens is 366 g/mol. The predicted molar refractivity (Wildman–Crippen MR) is 58.2 cm³/mol. The van der Waals surface area contributed by atoms with Crippen molar-refractivity contribution in [3.63, 3.8) is 0 Å². The number of ketones is 1. The van der Waals surface area contributed by atoms with Gasteiger partial charge in [-0.05, 0) is 18.2 Å². The van der Waals surface area contributed by atoms with E-state index in [1.165, 1.54) is 0 Å². The van der Waals surface area contributed by atoms with Gasteiger partial charge in [0, 0.05) is 0 Å². The molecule has 0 amide bonds. The molecular formula is C12H6F10O2. The maximum Gasteiger partial charge on any atom is 0.460 e. The number of hydrogen-bond acceptors (Lipinski definition) is 2. The molecule has 0 saturated carbocycles. The number of ether oxygens (including phenoxy) is 1. The Bertz CT molecular complexity index is 635. The molecule has 1 aromatic carbocycles. The third kappa shape index (κ3) is 2.88. The zero-order valence-electron chi connectivity index (χ0n) is 11.3. The van der Waals surface area contributed by atoms with Gasteiger partial charge in [-0.15, -0.1) is 0 Å². The van der Waals surface area contributed by atoms with Crippen molar-refractivity contribution < 1.29 is 53.4 Å². The molecule has 12 heteroatoms. The third-order valence-electron chi connectivity index (χ3n) is 2.84. The summed E-state index contributed by atoms with van der Waals surface area (Å²) < 4.78 is 132. The van der Waals surface area contributed by atoms with Gasteiger partial charge in [0.1, 0.15) is 11.6 Å². The largest absolute Gasteiger partial charge is 0.496 e. The molecule has 136 valence electrons. The molecule has 0 spiro atoms. The minimum Gasteiger partial charge on any atom is -0.496 e. The first-order valence-corrected chi connectivity index (χ1v) is 5.69. The number of rotatable bonds is 5. The highest BCUT2D eigenvalue weighted by Crippen LogP contribution is 2.54. The maximum absolute atomic E-state index is 13.5. The van der Waals surface area contributed by atoms with E-state index in [0.717, 1.165) is 7.11 Å². The molecule has 0 bridgehead atoms. The van der Waals surface area contributed by atoms with Crippen molar-refractivity contribution >= 4 is 5.78 Å². The Hall–Kier alpha value is -2.01. The summed E-state index contributed by atoms with van der Waals surface area (Å²) >= 11 is 0. The quantitative estimate of drug-likeness (QED) is 0.563. The summed E-state index contributed by atoms with van der Waals surface area (Å²) in [5.41, 5.74) is -1.62. The Morgan fingerprint density at radius 3 is 1.83 bits per heavy atom. The van der Waals surface area contributed by atoms with E-state index in [1.54, 1.807) is 0 Å². The topological polar surface area (TPSA) is 26.3 Å². The number of hydrogen-bond donors (Lipinski definition) is 0. The highest BCUT2D eigenvalue weighted by Gasteiger charge is 2.83. The van der Waals surface area contributed by atoms with Crippen LogP contribution in [0.4, 0.5) is 43.9 Å². The van der Waals surface area contributed by atoms with E-state index in [0.29, 0.717) is 12.1 Å².